The summed E-state index contributed by atoms with van der Waals surface area (Å²) in [6.07, 6.45) is 1.28. The van der Waals surface area contributed by atoms with Crippen LogP contribution in [-0.2, 0) is 11.2 Å². The fourth-order valence-electron chi connectivity index (χ4n) is 2.45. The van der Waals surface area contributed by atoms with Crippen LogP contribution in [0.3, 0.4) is 0 Å². The Labute approximate surface area is 150 Å². The number of aliphatic hydroxyl groups is 1. The van der Waals surface area contributed by atoms with Crippen LogP contribution in [-0.4, -0.2) is 66.7 Å². The fraction of sp³-hybridized carbons (Fsp3) is 0.579. The standard InChI is InChI=1S/C19H31N3O3/c1-15(2)10-11-22(12-13-23)19(25)20-17(18(24)21(3)4)14-16-8-6-5-7-9-16/h5-9,15,17,23H,10-14H2,1-4H3,(H,20,25)/t17-/m0/s1. The summed E-state index contributed by atoms with van der Waals surface area (Å²) in [6.45, 7) is 4.88. The Morgan fingerprint density at radius 1 is 1.12 bits per heavy atom. The average molecular weight is 349 g/mol. The number of hydrogen-bond donors (Lipinski definition) is 2. The van der Waals surface area contributed by atoms with Crippen molar-refractivity contribution in [2.75, 3.05) is 33.8 Å². The summed E-state index contributed by atoms with van der Waals surface area (Å²) >= 11 is 0. The van der Waals surface area contributed by atoms with Gasteiger partial charge in [-0.3, -0.25) is 4.79 Å². The third kappa shape index (κ3) is 7.56. The van der Waals surface area contributed by atoms with Gasteiger partial charge in [-0.2, -0.15) is 0 Å². The van der Waals surface area contributed by atoms with E-state index < -0.39 is 6.04 Å². The predicted octanol–water partition coefficient (Wildman–Crippen LogP) is 1.74. The SMILES string of the molecule is CC(C)CCN(CCO)C(=O)N[C@@H](Cc1ccccc1)C(=O)N(C)C. The van der Waals surface area contributed by atoms with Gasteiger partial charge in [-0.25, -0.2) is 4.79 Å². The van der Waals surface area contributed by atoms with E-state index in [1.165, 1.54) is 4.90 Å². The number of carbonyl (C=O) groups is 2. The van der Waals surface area contributed by atoms with Gasteiger partial charge in [0.05, 0.1) is 6.61 Å². The first-order chi connectivity index (χ1) is 11.8. The number of nitrogens with one attached hydrogen (secondary N) is 1. The lowest BCUT2D eigenvalue weighted by Gasteiger charge is -2.27. The normalized spacial score (nSPS) is 11.9. The van der Waals surface area contributed by atoms with E-state index >= 15 is 0 Å². The van der Waals surface area contributed by atoms with E-state index in [1.807, 2.05) is 30.3 Å². The summed E-state index contributed by atoms with van der Waals surface area (Å²) in [6, 6.07) is 8.67. The number of aliphatic hydroxyl groups excluding tert-OH is 1. The number of carbonyl (C=O) groups excluding carboxylic acids is 2. The number of rotatable bonds is 9. The van der Waals surface area contributed by atoms with E-state index in [0.717, 1.165) is 12.0 Å². The maximum Gasteiger partial charge on any atom is 0.318 e. The summed E-state index contributed by atoms with van der Waals surface area (Å²) in [4.78, 5) is 28.1. The van der Waals surface area contributed by atoms with Gasteiger partial charge in [0.1, 0.15) is 6.04 Å². The molecule has 0 bridgehead atoms. The Hall–Kier alpha value is -2.08. The van der Waals surface area contributed by atoms with Gasteiger partial charge < -0.3 is 20.2 Å². The van der Waals surface area contributed by atoms with E-state index in [-0.39, 0.29) is 25.1 Å². The van der Waals surface area contributed by atoms with Gasteiger partial charge in [0.25, 0.3) is 0 Å². The Morgan fingerprint density at radius 3 is 2.28 bits per heavy atom. The lowest BCUT2D eigenvalue weighted by Crippen LogP contribution is -2.52. The number of hydrogen-bond acceptors (Lipinski definition) is 3. The fourth-order valence-corrected chi connectivity index (χ4v) is 2.45. The van der Waals surface area contributed by atoms with Crippen LogP contribution in [0.4, 0.5) is 4.79 Å². The van der Waals surface area contributed by atoms with Gasteiger partial charge in [0.15, 0.2) is 0 Å². The highest BCUT2D eigenvalue weighted by molar-refractivity contribution is 5.87. The topological polar surface area (TPSA) is 72.9 Å². The Kier molecular flexibility index (Phi) is 8.99. The van der Waals surface area contributed by atoms with Crippen molar-refractivity contribution in [2.45, 2.75) is 32.7 Å². The monoisotopic (exact) mass is 349 g/mol. The van der Waals surface area contributed by atoms with Gasteiger partial charge >= 0.3 is 6.03 Å². The molecule has 0 saturated carbocycles. The van der Waals surface area contributed by atoms with Crippen molar-refractivity contribution in [3.8, 4) is 0 Å². The second-order valence-corrected chi connectivity index (χ2v) is 6.82. The number of nitrogens with zero attached hydrogens (tertiary/aromatic N) is 2. The molecule has 2 N–H and O–H groups in total. The molecule has 1 rings (SSSR count). The molecule has 0 aliphatic rings. The molecule has 0 saturated heterocycles. The molecule has 1 aromatic carbocycles. The van der Waals surface area contributed by atoms with Crippen molar-refractivity contribution in [2.24, 2.45) is 5.92 Å². The highest BCUT2D eigenvalue weighted by Crippen LogP contribution is 2.07. The molecule has 0 fully saturated rings. The smallest absolute Gasteiger partial charge is 0.318 e. The first-order valence-electron chi connectivity index (χ1n) is 8.76. The van der Waals surface area contributed by atoms with Crippen molar-refractivity contribution in [3.63, 3.8) is 0 Å². The summed E-state index contributed by atoms with van der Waals surface area (Å²) in [5.41, 5.74) is 0.985. The van der Waals surface area contributed by atoms with E-state index in [2.05, 4.69) is 19.2 Å². The van der Waals surface area contributed by atoms with Crippen molar-refractivity contribution in [1.82, 2.24) is 15.1 Å². The summed E-state index contributed by atoms with van der Waals surface area (Å²) in [5, 5.41) is 12.1. The minimum Gasteiger partial charge on any atom is -0.395 e. The number of likely N-dealkylation sites (N-methyl/N-ethyl adjacent to an activating group) is 1. The van der Waals surface area contributed by atoms with Crippen LogP contribution in [0.5, 0.6) is 0 Å². The van der Waals surface area contributed by atoms with Crippen LogP contribution in [0, 0.1) is 5.92 Å². The van der Waals surface area contributed by atoms with Crippen LogP contribution in [0.15, 0.2) is 30.3 Å². The Balaban J connectivity index is 2.82. The molecular weight excluding hydrogens is 318 g/mol. The molecule has 0 aromatic heterocycles. The highest BCUT2D eigenvalue weighted by Gasteiger charge is 2.25. The second-order valence-electron chi connectivity index (χ2n) is 6.82. The van der Waals surface area contributed by atoms with Crippen LogP contribution >= 0.6 is 0 Å². The van der Waals surface area contributed by atoms with Crippen LogP contribution in [0.1, 0.15) is 25.8 Å². The summed E-state index contributed by atoms with van der Waals surface area (Å²) in [5.74, 6) is 0.308. The summed E-state index contributed by atoms with van der Waals surface area (Å²) in [7, 11) is 3.35. The van der Waals surface area contributed by atoms with Crippen molar-refractivity contribution < 1.29 is 14.7 Å². The maximum atomic E-state index is 12.6. The molecule has 25 heavy (non-hydrogen) atoms. The summed E-state index contributed by atoms with van der Waals surface area (Å²) < 4.78 is 0. The first-order valence-corrected chi connectivity index (χ1v) is 8.76. The van der Waals surface area contributed by atoms with Gasteiger partial charge in [0, 0.05) is 33.6 Å². The van der Waals surface area contributed by atoms with Gasteiger partial charge in [-0.1, -0.05) is 44.2 Å². The second kappa shape index (κ2) is 10.7. The minimum atomic E-state index is -0.634. The van der Waals surface area contributed by atoms with E-state index in [0.29, 0.717) is 18.9 Å². The van der Waals surface area contributed by atoms with Crippen LogP contribution < -0.4 is 5.32 Å². The molecular formula is C19H31N3O3. The van der Waals surface area contributed by atoms with E-state index in [9.17, 15) is 14.7 Å². The lowest BCUT2D eigenvalue weighted by molar-refractivity contribution is -0.130. The third-order valence-corrected chi connectivity index (χ3v) is 3.95. The zero-order valence-electron chi connectivity index (χ0n) is 15.7. The van der Waals surface area contributed by atoms with Crippen LogP contribution in [0.2, 0.25) is 0 Å². The molecule has 1 aromatic rings. The molecule has 140 valence electrons. The molecule has 6 heteroatoms. The largest absolute Gasteiger partial charge is 0.395 e. The molecule has 0 spiro atoms. The minimum absolute atomic E-state index is 0.101. The van der Waals surface area contributed by atoms with Gasteiger partial charge in [0.2, 0.25) is 5.91 Å². The number of benzene rings is 1. The first kappa shape index (κ1) is 21.0. The molecule has 6 nitrogen and oxygen atoms in total. The number of amides is 3. The lowest BCUT2D eigenvalue weighted by atomic mass is 10.1. The molecule has 0 radical (unpaired) electrons. The van der Waals surface area contributed by atoms with Crippen molar-refractivity contribution >= 4 is 11.9 Å². The van der Waals surface area contributed by atoms with Crippen LogP contribution in [0.25, 0.3) is 0 Å². The maximum absolute atomic E-state index is 12.6. The Bertz CT molecular complexity index is 532. The zero-order chi connectivity index (χ0) is 18.8. The molecule has 0 heterocycles. The predicted molar refractivity (Wildman–Crippen MR) is 99.3 cm³/mol. The average Bonchev–Trinajstić information content (AvgIpc) is 2.57. The van der Waals surface area contributed by atoms with Crippen molar-refractivity contribution in [1.29, 1.82) is 0 Å². The molecule has 0 aliphatic heterocycles. The molecule has 0 aliphatic carbocycles. The van der Waals surface area contributed by atoms with Gasteiger partial charge in [-0.05, 0) is 17.9 Å². The molecule has 0 unspecified atom stereocenters. The van der Waals surface area contributed by atoms with Crippen molar-refractivity contribution in [3.05, 3.63) is 35.9 Å². The quantitative estimate of drug-likeness (QED) is 0.713. The molecule has 1 atom stereocenters. The molecule has 3 amide bonds. The Morgan fingerprint density at radius 2 is 1.76 bits per heavy atom. The number of urea groups is 1. The highest BCUT2D eigenvalue weighted by atomic mass is 16.3. The van der Waals surface area contributed by atoms with E-state index in [4.69, 9.17) is 0 Å². The zero-order valence-corrected chi connectivity index (χ0v) is 15.7. The van der Waals surface area contributed by atoms with Gasteiger partial charge in [-0.15, -0.1) is 0 Å². The van der Waals surface area contributed by atoms with E-state index in [1.54, 1.807) is 19.0 Å². The third-order valence-electron chi connectivity index (χ3n) is 3.95.